The molecular weight excluding hydrogens is 541 g/mol. The van der Waals surface area contributed by atoms with Crippen molar-refractivity contribution in [1.82, 2.24) is 14.5 Å². The van der Waals surface area contributed by atoms with Crippen LogP contribution >= 0.6 is 11.6 Å². The van der Waals surface area contributed by atoms with Crippen molar-refractivity contribution in [3.63, 3.8) is 0 Å². The van der Waals surface area contributed by atoms with Gasteiger partial charge in [0, 0.05) is 74.6 Å². The average molecular weight is 578 g/mol. The first-order valence-electron chi connectivity index (χ1n) is 14.1. The van der Waals surface area contributed by atoms with E-state index in [0.29, 0.717) is 54.4 Å². The van der Waals surface area contributed by atoms with E-state index >= 15 is 0 Å². The molecule has 9 heteroatoms. The molecule has 2 atom stereocenters. The monoisotopic (exact) mass is 577 g/mol. The second-order valence-corrected chi connectivity index (χ2v) is 11.3. The topological polar surface area (TPSA) is 99.4 Å². The molecular formula is C32H37ClFN5O2. The van der Waals surface area contributed by atoms with E-state index in [1.54, 1.807) is 25.4 Å². The second-order valence-electron chi connectivity index (χ2n) is 10.9. The van der Waals surface area contributed by atoms with Crippen LogP contribution in [-0.4, -0.2) is 53.2 Å². The van der Waals surface area contributed by atoms with Crippen molar-refractivity contribution in [3.05, 3.63) is 82.9 Å². The first-order valence-corrected chi connectivity index (χ1v) is 14.5. The number of pyridine rings is 1. The number of fused-ring (bicyclic) bond motifs is 1. The standard InChI is InChI=1S/C32H37ClFN5O2/c1-41-15-3-14-39-29(18-26-28(34)11-10-27(33)32(26)39)24-4-2-13-38(20-24)31(40)17-25(35)16-21-5-7-22(8-6-21)23-9-12-30(36)37-19-23/h5-12,18-19,24-25H,2-4,13-17,20,35H2,1H3,(H2,36,37)/t24?,25-/m1/s1. The number of hydrogen-bond donors (Lipinski definition) is 2. The van der Waals surface area contributed by atoms with Crippen LogP contribution in [0.4, 0.5) is 10.2 Å². The van der Waals surface area contributed by atoms with Crippen LogP contribution in [0.3, 0.4) is 0 Å². The van der Waals surface area contributed by atoms with Crippen molar-refractivity contribution in [2.45, 2.75) is 50.6 Å². The van der Waals surface area contributed by atoms with Crippen LogP contribution in [0.5, 0.6) is 0 Å². The summed E-state index contributed by atoms with van der Waals surface area (Å²) >= 11 is 6.54. The number of aryl methyl sites for hydroxylation is 1. The van der Waals surface area contributed by atoms with E-state index in [-0.39, 0.29) is 30.1 Å². The zero-order chi connectivity index (χ0) is 28.9. The van der Waals surface area contributed by atoms with Crippen LogP contribution in [0.25, 0.3) is 22.0 Å². The lowest BCUT2D eigenvalue weighted by molar-refractivity contribution is -0.132. The van der Waals surface area contributed by atoms with Crippen LogP contribution in [0, 0.1) is 5.82 Å². The number of carbonyl (C=O) groups excluding carboxylic acids is 1. The minimum absolute atomic E-state index is 0.0537. The van der Waals surface area contributed by atoms with Gasteiger partial charge >= 0.3 is 0 Å². The fourth-order valence-electron chi connectivity index (χ4n) is 5.85. The number of amides is 1. The maximum absolute atomic E-state index is 14.8. The Balaban J connectivity index is 1.24. The minimum atomic E-state index is -0.291. The maximum Gasteiger partial charge on any atom is 0.224 e. The highest BCUT2D eigenvalue weighted by atomic mass is 35.5. The molecule has 0 bridgehead atoms. The normalized spacial score (nSPS) is 16.3. The Morgan fingerprint density at radius 2 is 1.95 bits per heavy atom. The fraction of sp³-hybridized carbons (Fsp3) is 0.375. The Labute approximate surface area is 245 Å². The molecule has 216 valence electrons. The van der Waals surface area contributed by atoms with E-state index in [1.807, 2.05) is 41.3 Å². The van der Waals surface area contributed by atoms with Gasteiger partial charge in [-0.2, -0.15) is 0 Å². The van der Waals surface area contributed by atoms with Crippen molar-refractivity contribution in [3.8, 4) is 11.1 Å². The van der Waals surface area contributed by atoms with E-state index in [1.165, 1.54) is 6.07 Å². The first kappa shape index (κ1) is 29.0. The number of nitrogens with two attached hydrogens (primary N) is 2. The summed E-state index contributed by atoms with van der Waals surface area (Å²) in [7, 11) is 1.67. The molecule has 3 heterocycles. The van der Waals surface area contributed by atoms with Crippen molar-refractivity contribution >= 4 is 34.2 Å². The summed E-state index contributed by atoms with van der Waals surface area (Å²) in [5.74, 6) is 0.343. The number of nitrogens with zero attached hydrogens (tertiary/aromatic N) is 3. The smallest absolute Gasteiger partial charge is 0.224 e. The number of likely N-dealkylation sites (tertiary alicyclic amines) is 1. The number of carbonyl (C=O) groups is 1. The zero-order valence-electron chi connectivity index (χ0n) is 23.4. The lowest BCUT2D eigenvalue weighted by Crippen LogP contribution is -2.42. The Morgan fingerprint density at radius 3 is 2.68 bits per heavy atom. The van der Waals surface area contributed by atoms with Crippen LogP contribution < -0.4 is 11.5 Å². The van der Waals surface area contributed by atoms with Gasteiger partial charge < -0.3 is 25.7 Å². The van der Waals surface area contributed by atoms with E-state index in [0.717, 1.165) is 41.6 Å². The van der Waals surface area contributed by atoms with Gasteiger partial charge in [0.05, 0.1) is 10.5 Å². The number of benzene rings is 2. The predicted molar refractivity (Wildman–Crippen MR) is 162 cm³/mol. The molecule has 4 N–H and O–H groups in total. The summed E-state index contributed by atoms with van der Waals surface area (Å²) in [5, 5.41) is 1.05. The highest BCUT2D eigenvalue weighted by Gasteiger charge is 2.29. The Hall–Kier alpha value is -3.46. The molecule has 0 aliphatic carbocycles. The predicted octanol–water partition coefficient (Wildman–Crippen LogP) is 5.78. The zero-order valence-corrected chi connectivity index (χ0v) is 24.1. The van der Waals surface area contributed by atoms with E-state index in [4.69, 9.17) is 27.8 Å². The number of aromatic nitrogens is 2. The van der Waals surface area contributed by atoms with Gasteiger partial charge in [0.2, 0.25) is 5.91 Å². The molecule has 0 radical (unpaired) electrons. The fourth-order valence-corrected chi connectivity index (χ4v) is 6.12. The van der Waals surface area contributed by atoms with Gasteiger partial charge in [-0.1, -0.05) is 35.9 Å². The third kappa shape index (κ3) is 6.72. The summed E-state index contributed by atoms with van der Waals surface area (Å²) in [4.78, 5) is 19.4. The molecule has 7 nitrogen and oxygen atoms in total. The SMILES string of the molecule is COCCCn1c(C2CCCN(C(=O)C[C@H](N)Cc3ccc(-c4ccc(N)nc4)cc3)C2)cc2c(F)ccc(Cl)c21. The molecule has 0 saturated carbocycles. The number of rotatable bonds is 10. The lowest BCUT2D eigenvalue weighted by atomic mass is 9.93. The van der Waals surface area contributed by atoms with E-state index in [2.05, 4.69) is 9.55 Å². The van der Waals surface area contributed by atoms with Crippen molar-refractivity contribution in [2.24, 2.45) is 5.73 Å². The number of hydrogen-bond acceptors (Lipinski definition) is 5. The van der Waals surface area contributed by atoms with Gasteiger partial charge in [-0.3, -0.25) is 4.79 Å². The van der Waals surface area contributed by atoms with Crippen molar-refractivity contribution < 1.29 is 13.9 Å². The summed E-state index contributed by atoms with van der Waals surface area (Å²) in [5.41, 5.74) is 17.0. The molecule has 1 saturated heterocycles. The number of piperidine rings is 1. The first-order chi connectivity index (χ1) is 19.8. The second kappa shape index (κ2) is 13.0. The molecule has 5 rings (SSSR count). The van der Waals surface area contributed by atoms with Crippen LogP contribution in [-0.2, 0) is 22.5 Å². The van der Waals surface area contributed by atoms with Gasteiger partial charge in [0.15, 0.2) is 0 Å². The van der Waals surface area contributed by atoms with Gasteiger partial charge in [0.25, 0.3) is 0 Å². The lowest BCUT2D eigenvalue weighted by Gasteiger charge is -2.34. The van der Waals surface area contributed by atoms with Crippen molar-refractivity contribution in [2.75, 3.05) is 32.5 Å². The number of anilines is 1. The van der Waals surface area contributed by atoms with E-state index < -0.39 is 0 Å². The van der Waals surface area contributed by atoms with E-state index in [9.17, 15) is 9.18 Å². The molecule has 2 aromatic carbocycles. The molecule has 0 spiro atoms. The average Bonchev–Trinajstić information content (AvgIpc) is 3.37. The number of ether oxygens (including phenoxy) is 1. The van der Waals surface area contributed by atoms with Crippen LogP contribution in [0.15, 0.2) is 60.8 Å². The van der Waals surface area contributed by atoms with Gasteiger partial charge in [0.1, 0.15) is 11.6 Å². The highest BCUT2D eigenvalue weighted by Crippen LogP contribution is 2.36. The molecule has 4 aromatic rings. The molecule has 1 amide bonds. The molecule has 1 unspecified atom stereocenters. The molecule has 1 fully saturated rings. The van der Waals surface area contributed by atoms with Crippen molar-refractivity contribution in [1.29, 1.82) is 0 Å². The quantitative estimate of drug-likeness (QED) is 0.233. The largest absolute Gasteiger partial charge is 0.385 e. The molecule has 1 aliphatic heterocycles. The summed E-state index contributed by atoms with van der Waals surface area (Å²) in [6.45, 7) is 2.54. The summed E-state index contributed by atoms with van der Waals surface area (Å²) in [6.07, 6.45) is 5.21. The van der Waals surface area contributed by atoms with Gasteiger partial charge in [-0.05, 0) is 67.1 Å². The third-order valence-electron chi connectivity index (χ3n) is 7.92. The highest BCUT2D eigenvalue weighted by molar-refractivity contribution is 6.35. The molecule has 1 aliphatic rings. The molecule has 2 aromatic heterocycles. The maximum atomic E-state index is 14.8. The summed E-state index contributed by atoms with van der Waals surface area (Å²) < 4.78 is 22.2. The van der Waals surface area contributed by atoms with Crippen LogP contribution in [0.2, 0.25) is 5.02 Å². The molecule has 41 heavy (non-hydrogen) atoms. The number of nitrogen functional groups attached to an aromatic ring is 1. The van der Waals surface area contributed by atoms with Gasteiger partial charge in [-0.25, -0.2) is 9.37 Å². The van der Waals surface area contributed by atoms with Gasteiger partial charge in [-0.15, -0.1) is 0 Å². The Kier molecular flexibility index (Phi) is 9.22. The summed E-state index contributed by atoms with van der Waals surface area (Å²) in [6, 6.07) is 16.5. The van der Waals surface area contributed by atoms with Crippen LogP contribution in [0.1, 0.15) is 42.9 Å². The Bertz CT molecular complexity index is 1490. The number of halogens is 2. The third-order valence-corrected chi connectivity index (χ3v) is 8.22. The minimum Gasteiger partial charge on any atom is -0.385 e. The number of methoxy groups -OCH3 is 1. The Morgan fingerprint density at radius 1 is 1.17 bits per heavy atom.